The summed E-state index contributed by atoms with van der Waals surface area (Å²) in [6, 6.07) is 25.0. The summed E-state index contributed by atoms with van der Waals surface area (Å²) in [6.45, 7) is 1.88. The smallest absolute Gasteiger partial charge is 0.256 e. The lowest BCUT2D eigenvalue weighted by atomic mass is 10.0. The molecule has 1 amide bonds. The molecule has 4 rings (SSSR count). The molecular formula is C22H18N4O. The summed E-state index contributed by atoms with van der Waals surface area (Å²) in [5.41, 5.74) is 3.58. The Bertz CT molecular complexity index is 1050. The van der Waals surface area contributed by atoms with Gasteiger partial charge in [-0.2, -0.15) is 9.78 Å². The topological polar surface area (TPSA) is 59.8 Å². The Balaban J connectivity index is 1.57. The predicted octanol–water partition coefficient (Wildman–Crippen LogP) is 4.50. The maximum absolute atomic E-state index is 12.7. The Morgan fingerprint density at radius 2 is 1.59 bits per heavy atom. The van der Waals surface area contributed by atoms with Crippen LogP contribution in [0.4, 0.5) is 5.82 Å². The molecule has 0 saturated carbocycles. The molecule has 0 bridgehead atoms. The largest absolute Gasteiger partial charge is 0.306 e. The van der Waals surface area contributed by atoms with Gasteiger partial charge < -0.3 is 5.32 Å². The molecule has 0 aliphatic rings. The Morgan fingerprint density at radius 3 is 2.30 bits per heavy atom. The van der Waals surface area contributed by atoms with Crippen LogP contribution >= 0.6 is 0 Å². The number of aryl methyl sites for hydroxylation is 1. The number of carbonyl (C=O) groups is 1. The molecule has 27 heavy (non-hydrogen) atoms. The fraction of sp³-hybridized carbons (Fsp3) is 0.0455. The molecule has 0 unspecified atom stereocenters. The fourth-order valence-electron chi connectivity index (χ4n) is 2.88. The van der Waals surface area contributed by atoms with E-state index in [4.69, 9.17) is 0 Å². The second kappa shape index (κ2) is 7.25. The first-order valence-corrected chi connectivity index (χ1v) is 8.65. The number of hydrogen-bond donors (Lipinski definition) is 1. The molecule has 0 aliphatic heterocycles. The minimum absolute atomic E-state index is 0.188. The minimum atomic E-state index is -0.188. The number of hydrogen-bond acceptors (Lipinski definition) is 3. The summed E-state index contributed by atoms with van der Waals surface area (Å²) >= 11 is 0. The maximum Gasteiger partial charge on any atom is 0.256 e. The summed E-state index contributed by atoms with van der Waals surface area (Å²) < 4.78 is 1.63. The lowest BCUT2D eigenvalue weighted by molar-refractivity contribution is 0.102. The maximum atomic E-state index is 12.7. The first-order valence-electron chi connectivity index (χ1n) is 8.65. The van der Waals surface area contributed by atoms with E-state index < -0.39 is 0 Å². The molecule has 1 N–H and O–H groups in total. The van der Waals surface area contributed by atoms with Crippen LogP contribution in [0.2, 0.25) is 0 Å². The van der Waals surface area contributed by atoms with Crippen LogP contribution in [0.1, 0.15) is 16.1 Å². The van der Waals surface area contributed by atoms with E-state index in [1.165, 1.54) is 0 Å². The van der Waals surface area contributed by atoms with E-state index in [1.54, 1.807) is 10.9 Å². The molecular weight excluding hydrogens is 336 g/mol. The first-order chi connectivity index (χ1) is 13.2. The van der Waals surface area contributed by atoms with E-state index in [-0.39, 0.29) is 5.91 Å². The van der Waals surface area contributed by atoms with Crippen molar-refractivity contribution in [3.05, 3.63) is 96.3 Å². The van der Waals surface area contributed by atoms with Gasteiger partial charge in [0.2, 0.25) is 0 Å². The van der Waals surface area contributed by atoms with Crippen LogP contribution in [0.5, 0.6) is 0 Å². The van der Waals surface area contributed by atoms with Gasteiger partial charge in [-0.25, -0.2) is 4.98 Å². The third-order valence-electron chi connectivity index (χ3n) is 4.19. The Labute approximate surface area is 157 Å². The van der Waals surface area contributed by atoms with Gasteiger partial charge in [-0.1, -0.05) is 48.5 Å². The molecule has 4 aromatic rings. The van der Waals surface area contributed by atoms with Crippen molar-refractivity contribution >= 4 is 11.7 Å². The van der Waals surface area contributed by atoms with Crippen LogP contribution < -0.4 is 5.32 Å². The summed E-state index contributed by atoms with van der Waals surface area (Å²) in [5, 5.41) is 7.35. The van der Waals surface area contributed by atoms with Crippen LogP contribution in [0, 0.1) is 6.92 Å². The van der Waals surface area contributed by atoms with Crippen molar-refractivity contribution in [3.8, 4) is 16.9 Å². The second-order valence-corrected chi connectivity index (χ2v) is 6.17. The first kappa shape index (κ1) is 16.7. The van der Waals surface area contributed by atoms with E-state index in [1.807, 2.05) is 85.8 Å². The van der Waals surface area contributed by atoms with Gasteiger partial charge in [-0.15, -0.1) is 0 Å². The van der Waals surface area contributed by atoms with Gasteiger partial charge in [0.1, 0.15) is 5.82 Å². The highest BCUT2D eigenvalue weighted by Gasteiger charge is 2.13. The van der Waals surface area contributed by atoms with Gasteiger partial charge in [0.05, 0.1) is 5.69 Å². The molecule has 132 valence electrons. The summed E-state index contributed by atoms with van der Waals surface area (Å²) in [5.74, 6) is 1.05. The van der Waals surface area contributed by atoms with Crippen molar-refractivity contribution in [2.75, 3.05) is 5.32 Å². The van der Waals surface area contributed by atoms with Crippen LogP contribution in [0.25, 0.3) is 16.9 Å². The third kappa shape index (κ3) is 3.62. The monoisotopic (exact) mass is 354 g/mol. The van der Waals surface area contributed by atoms with Crippen molar-refractivity contribution in [1.29, 1.82) is 0 Å². The van der Waals surface area contributed by atoms with Gasteiger partial charge in [0, 0.05) is 17.8 Å². The standard InChI is InChI=1S/C22H18N4O/c1-16-15-21(26(25-16)20-9-5-6-14-23-20)24-22(27)19-12-10-18(11-13-19)17-7-3-2-4-8-17/h2-15H,1H3,(H,24,27). The van der Waals surface area contributed by atoms with Crippen molar-refractivity contribution in [1.82, 2.24) is 14.8 Å². The Morgan fingerprint density at radius 1 is 0.889 bits per heavy atom. The molecule has 0 aliphatic carbocycles. The molecule has 0 fully saturated rings. The van der Waals surface area contributed by atoms with Gasteiger partial charge in [0.25, 0.3) is 5.91 Å². The second-order valence-electron chi connectivity index (χ2n) is 6.17. The van der Waals surface area contributed by atoms with Crippen LogP contribution in [-0.2, 0) is 0 Å². The predicted molar refractivity (Wildman–Crippen MR) is 106 cm³/mol. The third-order valence-corrected chi connectivity index (χ3v) is 4.19. The lowest BCUT2D eigenvalue weighted by Crippen LogP contribution is -2.15. The van der Waals surface area contributed by atoms with E-state index in [9.17, 15) is 4.79 Å². The molecule has 0 atom stereocenters. The Hall–Kier alpha value is -3.73. The molecule has 5 nitrogen and oxygen atoms in total. The number of nitrogens with zero attached hydrogens (tertiary/aromatic N) is 3. The molecule has 5 heteroatoms. The highest BCUT2D eigenvalue weighted by molar-refractivity contribution is 6.04. The fourth-order valence-corrected chi connectivity index (χ4v) is 2.88. The van der Waals surface area contributed by atoms with Crippen molar-refractivity contribution in [2.24, 2.45) is 0 Å². The SMILES string of the molecule is Cc1cc(NC(=O)c2ccc(-c3ccccc3)cc2)n(-c2ccccn2)n1. The summed E-state index contributed by atoms with van der Waals surface area (Å²) in [4.78, 5) is 17.0. The zero-order valence-electron chi connectivity index (χ0n) is 14.8. The quantitative estimate of drug-likeness (QED) is 0.587. The van der Waals surface area contributed by atoms with Crippen LogP contribution in [0.15, 0.2) is 85.1 Å². The number of nitrogens with one attached hydrogen (secondary N) is 1. The molecule has 2 heterocycles. The highest BCUT2D eigenvalue weighted by Crippen LogP contribution is 2.20. The highest BCUT2D eigenvalue weighted by atomic mass is 16.1. The number of amides is 1. The molecule has 2 aromatic heterocycles. The van der Waals surface area contributed by atoms with E-state index >= 15 is 0 Å². The van der Waals surface area contributed by atoms with E-state index in [0.29, 0.717) is 17.2 Å². The van der Waals surface area contributed by atoms with E-state index in [0.717, 1.165) is 16.8 Å². The average Bonchev–Trinajstić information content (AvgIpc) is 3.09. The van der Waals surface area contributed by atoms with Gasteiger partial charge in [-0.05, 0) is 42.3 Å². The van der Waals surface area contributed by atoms with Crippen molar-refractivity contribution < 1.29 is 4.79 Å². The van der Waals surface area contributed by atoms with Crippen molar-refractivity contribution in [2.45, 2.75) is 6.92 Å². The van der Waals surface area contributed by atoms with Gasteiger partial charge >= 0.3 is 0 Å². The Kier molecular flexibility index (Phi) is 4.49. The normalized spacial score (nSPS) is 10.6. The average molecular weight is 354 g/mol. The number of carbonyl (C=O) groups excluding carboxylic acids is 1. The summed E-state index contributed by atoms with van der Waals surface area (Å²) in [6.07, 6.45) is 1.69. The minimum Gasteiger partial charge on any atom is -0.306 e. The van der Waals surface area contributed by atoms with Crippen LogP contribution in [-0.4, -0.2) is 20.7 Å². The van der Waals surface area contributed by atoms with Gasteiger partial charge in [0.15, 0.2) is 5.82 Å². The zero-order valence-corrected chi connectivity index (χ0v) is 14.8. The molecule has 0 radical (unpaired) electrons. The zero-order chi connectivity index (χ0) is 18.6. The number of benzene rings is 2. The lowest BCUT2D eigenvalue weighted by Gasteiger charge is -2.09. The van der Waals surface area contributed by atoms with Crippen LogP contribution in [0.3, 0.4) is 0 Å². The van der Waals surface area contributed by atoms with Crippen molar-refractivity contribution in [3.63, 3.8) is 0 Å². The number of aromatic nitrogens is 3. The molecule has 0 spiro atoms. The summed E-state index contributed by atoms with van der Waals surface area (Å²) in [7, 11) is 0. The number of anilines is 1. The van der Waals surface area contributed by atoms with E-state index in [2.05, 4.69) is 15.4 Å². The van der Waals surface area contributed by atoms with Gasteiger partial charge in [-0.3, -0.25) is 4.79 Å². The number of rotatable bonds is 4. The molecule has 0 saturated heterocycles. The molecule has 2 aromatic carbocycles. The number of pyridine rings is 1.